The van der Waals surface area contributed by atoms with Gasteiger partial charge in [-0.25, -0.2) is 9.18 Å². The summed E-state index contributed by atoms with van der Waals surface area (Å²) >= 11 is 7.38. The Labute approximate surface area is 141 Å². The number of thioether (sulfide) groups is 1. The fourth-order valence-corrected chi connectivity index (χ4v) is 2.77. The van der Waals surface area contributed by atoms with E-state index >= 15 is 0 Å². The number of halogens is 2. The van der Waals surface area contributed by atoms with Crippen molar-refractivity contribution >= 4 is 46.9 Å². The molecule has 1 aromatic carbocycles. The van der Waals surface area contributed by atoms with Crippen LogP contribution in [0.2, 0.25) is 5.02 Å². The lowest BCUT2D eigenvalue weighted by Crippen LogP contribution is -2.38. The Morgan fingerprint density at radius 3 is 2.87 bits per heavy atom. The lowest BCUT2D eigenvalue weighted by Gasteiger charge is -2.13. The second-order valence-electron chi connectivity index (χ2n) is 4.88. The topological polar surface area (TPSA) is 78.5 Å². The summed E-state index contributed by atoms with van der Waals surface area (Å²) in [6.45, 7) is -0.422. The van der Waals surface area contributed by atoms with Crippen LogP contribution in [0.15, 0.2) is 18.2 Å². The van der Waals surface area contributed by atoms with E-state index in [9.17, 15) is 18.8 Å². The molecule has 0 unspecified atom stereocenters. The van der Waals surface area contributed by atoms with Gasteiger partial charge in [0.15, 0.2) is 0 Å². The van der Waals surface area contributed by atoms with Crippen LogP contribution >= 0.6 is 23.4 Å². The van der Waals surface area contributed by atoms with Crippen molar-refractivity contribution in [2.75, 3.05) is 23.9 Å². The summed E-state index contributed by atoms with van der Waals surface area (Å²) in [6.07, 6.45) is 2.41. The minimum atomic E-state index is -0.600. The van der Waals surface area contributed by atoms with E-state index in [0.717, 1.165) is 22.8 Å². The maximum Gasteiger partial charge on any atom is 0.325 e. The highest BCUT2D eigenvalue weighted by atomic mass is 35.5. The molecule has 1 saturated heterocycles. The molecule has 4 amide bonds. The molecule has 124 valence electrons. The molecular weight excluding hydrogens is 345 g/mol. The fourth-order valence-electron chi connectivity index (χ4n) is 2.08. The predicted molar refractivity (Wildman–Crippen MR) is 87.1 cm³/mol. The SMILES string of the molecule is CSCC[C@@H]1NC(=O)N(CC(=O)Nc2ccc(F)cc2Cl)C1=O. The average Bonchev–Trinajstić information content (AvgIpc) is 2.75. The Balaban J connectivity index is 1.97. The van der Waals surface area contributed by atoms with Gasteiger partial charge in [0.05, 0.1) is 10.7 Å². The number of nitrogens with zero attached hydrogens (tertiary/aromatic N) is 1. The third-order valence-corrected chi connectivity index (χ3v) is 4.18. The molecule has 0 bridgehead atoms. The first kappa shape index (κ1) is 17.6. The van der Waals surface area contributed by atoms with E-state index in [-0.39, 0.29) is 10.7 Å². The zero-order chi connectivity index (χ0) is 17.0. The summed E-state index contributed by atoms with van der Waals surface area (Å²) < 4.78 is 13.0. The summed E-state index contributed by atoms with van der Waals surface area (Å²) in [5.41, 5.74) is 0.212. The maximum atomic E-state index is 13.0. The molecule has 1 heterocycles. The first-order valence-electron chi connectivity index (χ1n) is 6.78. The van der Waals surface area contributed by atoms with Gasteiger partial charge in [0.25, 0.3) is 5.91 Å². The first-order valence-corrected chi connectivity index (χ1v) is 8.55. The predicted octanol–water partition coefficient (Wildman–Crippen LogP) is 2.09. The zero-order valence-corrected chi connectivity index (χ0v) is 13.8. The highest BCUT2D eigenvalue weighted by molar-refractivity contribution is 7.98. The second kappa shape index (κ2) is 7.65. The van der Waals surface area contributed by atoms with Gasteiger partial charge >= 0.3 is 6.03 Å². The Hall–Kier alpha value is -1.80. The van der Waals surface area contributed by atoms with Crippen molar-refractivity contribution in [2.45, 2.75) is 12.5 Å². The van der Waals surface area contributed by atoms with Crippen LogP contribution in [0.5, 0.6) is 0 Å². The minimum Gasteiger partial charge on any atom is -0.326 e. The number of hydrogen-bond acceptors (Lipinski definition) is 4. The van der Waals surface area contributed by atoms with Crippen LogP contribution < -0.4 is 10.6 Å². The molecule has 2 N–H and O–H groups in total. The Kier molecular flexibility index (Phi) is 5.84. The lowest BCUT2D eigenvalue weighted by atomic mass is 10.2. The number of benzene rings is 1. The van der Waals surface area contributed by atoms with E-state index in [4.69, 9.17) is 11.6 Å². The Morgan fingerprint density at radius 2 is 2.22 bits per heavy atom. The highest BCUT2D eigenvalue weighted by Gasteiger charge is 2.38. The van der Waals surface area contributed by atoms with Crippen molar-refractivity contribution in [1.29, 1.82) is 0 Å². The molecule has 23 heavy (non-hydrogen) atoms. The van der Waals surface area contributed by atoms with Gasteiger partial charge < -0.3 is 10.6 Å². The number of carbonyl (C=O) groups excluding carboxylic acids is 3. The molecular formula is C14H15ClFN3O3S. The van der Waals surface area contributed by atoms with Gasteiger partial charge in [-0.2, -0.15) is 11.8 Å². The molecule has 1 atom stereocenters. The molecule has 0 aliphatic carbocycles. The molecule has 9 heteroatoms. The number of rotatable bonds is 6. The smallest absolute Gasteiger partial charge is 0.325 e. The number of nitrogens with one attached hydrogen (secondary N) is 2. The molecule has 1 fully saturated rings. The van der Waals surface area contributed by atoms with Crippen molar-refractivity contribution < 1.29 is 18.8 Å². The third kappa shape index (κ3) is 4.35. The van der Waals surface area contributed by atoms with Crippen LogP contribution in [0.4, 0.5) is 14.9 Å². The van der Waals surface area contributed by atoms with Gasteiger partial charge in [-0.3, -0.25) is 14.5 Å². The van der Waals surface area contributed by atoms with Crippen molar-refractivity contribution in [1.82, 2.24) is 10.2 Å². The molecule has 2 rings (SSSR count). The number of imide groups is 1. The number of amides is 4. The first-order chi connectivity index (χ1) is 10.9. The largest absolute Gasteiger partial charge is 0.326 e. The van der Waals surface area contributed by atoms with E-state index in [1.54, 1.807) is 11.8 Å². The molecule has 6 nitrogen and oxygen atoms in total. The second-order valence-corrected chi connectivity index (χ2v) is 6.27. The molecule has 0 radical (unpaired) electrons. The van der Waals surface area contributed by atoms with E-state index in [1.807, 2.05) is 6.26 Å². The summed E-state index contributed by atoms with van der Waals surface area (Å²) in [5, 5.41) is 5.03. The molecule has 0 spiro atoms. The number of carbonyl (C=O) groups is 3. The summed E-state index contributed by atoms with van der Waals surface area (Å²) in [5.74, 6) is -0.822. The monoisotopic (exact) mass is 359 g/mol. The van der Waals surface area contributed by atoms with Crippen molar-refractivity contribution in [3.63, 3.8) is 0 Å². The van der Waals surface area contributed by atoms with Crippen molar-refractivity contribution in [2.24, 2.45) is 0 Å². The highest BCUT2D eigenvalue weighted by Crippen LogP contribution is 2.22. The zero-order valence-electron chi connectivity index (χ0n) is 12.3. The van der Waals surface area contributed by atoms with E-state index in [2.05, 4.69) is 10.6 Å². The molecule has 0 saturated carbocycles. The number of hydrogen-bond donors (Lipinski definition) is 2. The number of anilines is 1. The van der Waals surface area contributed by atoms with Gasteiger partial charge in [-0.1, -0.05) is 11.6 Å². The van der Waals surface area contributed by atoms with Crippen LogP contribution in [0.1, 0.15) is 6.42 Å². The van der Waals surface area contributed by atoms with Crippen LogP contribution in [0.3, 0.4) is 0 Å². The lowest BCUT2D eigenvalue weighted by molar-refractivity contribution is -0.130. The summed E-state index contributed by atoms with van der Waals surface area (Å²) in [6, 6.07) is 2.32. The maximum absolute atomic E-state index is 13.0. The molecule has 1 aliphatic rings. The molecule has 1 aliphatic heterocycles. The van der Waals surface area contributed by atoms with E-state index in [1.165, 1.54) is 6.07 Å². The van der Waals surface area contributed by atoms with Gasteiger partial charge in [0.2, 0.25) is 5.91 Å². The third-order valence-electron chi connectivity index (χ3n) is 3.22. The molecule has 1 aromatic rings. The van der Waals surface area contributed by atoms with Gasteiger partial charge in [-0.05, 0) is 36.6 Å². The normalized spacial score (nSPS) is 17.3. The van der Waals surface area contributed by atoms with Crippen LogP contribution in [-0.4, -0.2) is 47.3 Å². The number of urea groups is 1. The summed E-state index contributed by atoms with van der Waals surface area (Å²) in [7, 11) is 0. The van der Waals surface area contributed by atoms with Gasteiger partial charge in [-0.15, -0.1) is 0 Å². The van der Waals surface area contributed by atoms with Crippen LogP contribution in [-0.2, 0) is 9.59 Å². The molecule has 0 aromatic heterocycles. The summed E-state index contributed by atoms with van der Waals surface area (Å²) in [4.78, 5) is 36.7. The standard InChI is InChI=1S/C14H15ClFN3O3S/c1-23-5-4-11-13(21)19(14(22)18-11)7-12(20)17-10-3-2-8(16)6-9(10)15/h2-3,6,11H,4-5,7H2,1H3,(H,17,20)(H,18,22)/t11-/m0/s1. The van der Waals surface area contributed by atoms with Crippen LogP contribution in [0, 0.1) is 5.82 Å². The minimum absolute atomic E-state index is 0.0356. The van der Waals surface area contributed by atoms with E-state index in [0.29, 0.717) is 6.42 Å². The van der Waals surface area contributed by atoms with Crippen molar-refractivity contribution in [3.05, 3.63) is 29.0 Å². The Bertz CT molecular complexity index is 644. The van der Waals surface area contributed by atoms with Crippen LogP contribution in [0.25, 0.3) is 0 Å². The Morgan fingerprint density at radius 1 is 1.48 bits per heavy atom. The quantitative estimate of drug-likeness (QED) is 0.762. The van der Waals surface area contributed by atoms with Gasteiger partial charge in [0.1, 0.15) is 18.4 Å². The van der Waals surface area contributed by atoms with E-state index < -0.39 is 36.2 Å². The van der Waals surface area contributed by atoms with Gasteiger partial charge in [0, 0.05) is 0 Å². The fraction of sp³-hybridized carbons (Fsp3) is 0.357. The average molecular weight is 360 g/mol. The van der Waals surface area contributed by atoms with Crippen molar-refractivity contribution in [3.8, 4) is 0 Å².